The number of ether oxygens (including phenoxy) is 1. The Hall–Kier alpha value is -2.14. The van der Waals surface area contributed by atoms with Crippen LogP contribution in [0.3, 0.4) is 0 Å². The topological polar surface area (TPSA) is 105 Å². The van der Waals surface area contributed by atoms with E-state index in [-0.39, 0.29) is 22.9 Å². The van der Waals surface area contributed by atoms with Gasteiger partial charge in [-0.15, -0.1) is 0 Å². The van der Waals surface area contributed by atoms with Crippen molar-refractivity contribution in [3.63, 3.8) is 0 Å². The van der Waals surface area contributed by atoms with E-state index in [2.05, 4.69) is 4.98 Å². The molecule has 1 aromatic rings. The Morgan fingerprint density at radius 3 is 2.06 bits per heavy atom. The number of carbonyl (C=O) groups is 2. The third-order valence-electron chi connectivity index (χ3n) is 5.74. The van der Waals surface area contributed by atoms with Gasteiger partial charge in [0.2, 0.25) is 5.91 Å². The van der Waals surface area contributed by atoms with Crippen molar-refractivity contribution in [3.8, 4) is 0 Å². The van der Waals surface area contributed by atoms with E-state index in [0.29, 0.717) is 57.9 Å². The molecular weight excluding hydrogens is 422 g/mol. The highest BCUT2D eigenvalue weighted by Gasteiger charge is 2.36. The number of nitrogens with zero attached hydrogens (tertiary/aromatic N) is 5. The van der Waals surface area contributed by atoms with E-state index in [1.165, 1.54) is 10.5 Å². The standard InChI is InChI=1S/C20H33N5O5S/c1-15-21-17(14-22(15)5)31(28,29)25-8-6-16(7-9-25)18(26)23-10-12-24(13-11-23)19(27)30-20(2,3)4/h14,16H,6-13H2,1-5H3. The molecule has 0 unspecified atom stereocenters. The Morgan fingerprint density at radius 2 is 1.58 bits per heavy atom. The lowest BCUT2D eigenvalue weighted by Gasteiger charge is -2.38. The molecule has 10 nitrogen and oxygen atoms in total. The van der Waals surface area contributed by atoms with E-state index in [0.717, 1.165) is 0 Å². The Bertz CT molecular complexity index is 901. The van der Waals surface area contributed by atoms with E-state index < -0.39 is 15.6 Å². The zero-order valence-corrected chi connectivity index (χ0v) is 19.8. The smallest absolute Gasteiger partial charge is 0.410 e. The largest absolute Gasteiger partial charge is 0.444 e. The molecule has 0 aromatic carbocycles. The van der Waals surface area contributed by atoms with Crippen molar-refractivity contribution in [2.75, 3.05) is 39.3 Å². The van der Waals surface area contributed by atoms with Gasteiger partial charge in [-0.2, -0.15) is 4.31 Å². The second-order valence-corrected chi connectivity index (χ2v) is 11.1. The minimum atomic E-state index is -3.65. The number of aryl methyl sites for hydroxylation is 2. The third-order valence-corrected chi connectivity index (χ3v) is 7.51. The number of carbonyl (C=O) groups excluding carboxylic acids is 2. The van der Waals surface area contributed by atoms with Gasteiger partial charge in [0.25, 0.3) is 10.0 Å². The molecule has 0 saturated carbocycles. The molecule has 0 radical (unpaired) electrons. The van der Waals surface area contributed by atoms with Crippen LogP contribution in [0.15, 0.2) is 11.2 Å². The number of imidazole rings is 1. The Balaban J connectivity index is 1.51. The molecule has 0 spiro atoms. The second-order valence-electron chi connectivity index (χ2n) is 9.21. The number of piperidine rings is 1. The number of hydrogen-bond donors (Lipinski definition) is 0. The molecule has 2 fully saturated rings. The van der Waals surface area contributed by atoms with Crippen molar-refractivity contribution in [1.82, 2.24) is 23.7 Å². The minimum absolute atomic E-state index is 0.0366. The lowest BCUT2D eigenvalue weighted by atomic mass is 9.96. The average molecular weight is 456 g/mol. The first-order valence-corrected chi connectivity index (χ1v) is 12.1. The van der Waals surface area contributed by atoms with Crippen LogP contribution in [0.2, 0.25) is 0 Å². The maximum absolute atomic E-state index is 12.9. The van der Waals surface area contributed by atoms with Crippen LogP contribution < -0.4 is 0 Å². The molecule has 1 aromatic heterocycles. The van der Waals surface area contributed by atoms with E-state index in [1.54, 1.807) is 28.3 Å². The summed E-state index contributed by atoms with van der Waals surface area (Å²) in [6.07, 6.45) is 2.13. The molecule has 174 valence electrons. The van der Waals surface area contributed by atoms with Crippen LogP contribution in [-0.4, -0.2) is 88.9 Å². The number of piperazine rings is 1. The zero-order valence-electron chi connectivity index (χ0n) is 19.0. The van der Waals surface area contributed by atoms with Crippen molar-refractivity contribution in [2.24, 2.45) is 13.0 Å². The highest BCUT2D eigenvalue weighted by atomic mass is 32.2. The van der Waals surface area contributed by atoms with Gasteiger partial charge in [0.15, 0.2) is 5.03 Å². The minimum Gasteiger partial charge on any atom is -0.444 e. The number of amides is 2. The maximum Gasteiger partial charge on any atom is 0.410 e. The van der Waals surface area contributed by atoms with Gasteiger partial charge < -0.3 is 19.1 Å². The molecule has 3 rings (SSSR count). The van der Waals surface area contributed by atoms with Crippen molar-refractivity contribution in [1.29, 1.82) is 0 Å². The zero-order chi connectivity index (χ0) is 23.0. The summed E-state index contributed by atoms with van der Waals surface area (Å²) >= 11 is 0. The van der Waals surface area contributed by atoms with Crippen LogP contribution in [0.1, 0.15) is 39.4 Å². The molecular formula is C20H33N5O5S. The summed E-state index contributed by atoms with van der Waals surface area (Å²) in [7, 11) is -1.89. The van der Waals surface area contributed by atoms with E-state index in [4.69, 9.17) is 4.74 Å². The van der Waals surface area contributed by atoms with Gasteiger partial charge in [-0.25, -0.2) is 18.2 Å². The first-order valence-electron chi connectivity index (χ1n) is 10.7. The van der Waals surface area contributed by atoms with Gasteiger partial charge in [-0.1, -0.05) is 0 Å². The fourth-order valence-electron chi connectivity index (χ4n) is 3.82. The predicted octanol–water partition coefficient (Wildman–Crippen LogP) is 1.21. The second kappa shape index (κ2) is 8.78. The molecule has 0 atom stereocenters. The molecule has 0 bridgehead atoms. The molecule has 0 aliphatic carbocycles. The Kier molecular flexibility index (Phi) is 6.66. The van der Waals surface area contributed by atoms with Gasteiger partial charge in [0, 0.05) is 58.4 Å². The van der Waals surface area contributed by atoms with Gasteiger partial charge in [-0.05, 0) is 40.5 Å². The molecule has 2 saturated heterocycles. The lowest BCUT2D eigenvalue weighted by Crippen LogP contribution is -2.53. The summed E-state index contributed by atoms with van der Waals surface area (Å²) in [4.78, 5) is 32.7. The fraction of sp³-hybridized carbons (Fsp3) is 0.750. The average Bonchev–Trinajstić information content (AvgIpc) is 3.06. The maximum atomic E-state index is 12.9. The lowest BCUT2D eigenvalue weighted by molar-refractivity contribution is -0.138. The van der Waals surface area contributed by atoms with Crippen molar-refractivity contribution in [3.05, 3.63) is 12.0 Å². The van der Waals surface area contributed by atoms with E-state index in [9.17, 15) is 18.0 Å². The normalized spacial score (nSPS) is 19.5. The van der Waals surface area contributed by atoms with Gasteiger partial charge >= 0.3 is 6.09 Å². The van der Waals surface area contributed by atoms with Gasteiger partial charge in [0.1, 0.15) is 11.4 Å². The molecule has 11 heteroatoms. The number of rotatable bonds is 3. The summed E-state index contributed by atoms with van der Waals surface area (Å²) in [5.74, 6) is 0.466. The van der Waals surface area contributed by atoms with Crippen LogP contribution in [-0.2, 0) is 26.6 Å². The SMILES string of the molecule is Cc1nc(S(=O)(=O)N2CCC(C(=O)N3CCN(C(=O)OC(C)(C)C)CC3)CC2)cn1C. The van der Waals surface area contributed by atoms with E-state index in [1.807, 2.05) is 20.8 Å². The van der Waals surface area contributed by atoms with Crippen LogP contribution >= 0.6 is 0 Å². The van der Waals surface area contributed by atoms with Gasteiger partial charge in [0.05, 0.1) is 0 Å². The summed E-state index contributed by atoms with van der Waals surface area (Å²) in [5.41, 5.74) is -0.549. The van der Waals surface area contributed by atoms with Crippen LogP contribution in [0.5, 0.6) is 0 Å². The molecule has 2 amide bonds. The van der Waals surface area contributed by atoms with Crippen LogP contribution in [0.4, 0.5) is 4.79 Å². The van der Waals surface area contributed by atoms with Crippen molar-refractivity contribution >= 4 is 22.0 Å². The predicted molar refractivity (Wildman–Crippen MR) is 114 cm³/mol. The molecule has 3 heterocycles. The summed E-state index contributed by atoms with van der Waals surface area (Å²) in [6.45, 7) is 9.63. The number of sulfonamides is 1. The first kappa shape index (κ1) is 23.5. The third kappa shape index (κ3) is 5.38. The van der Waals surface area contributed by atoms with Gasteiger partial charge in [-0.3, -0.25) is 4.79 Å². The number of hydrogen-bond acceptors (Lipinski definition) is 6. The summed E-state index contributed by atoms with van der Waals surface area (Å²) in [6, 6.07) is 0. The van der Waals surface area contributed by atoms with E-state index >= 15 is 0 Å². The molecule has 31 heavy (non-hydrogen) atoms. The molecule has 2 aliphatic rings. The highest BCUT2D eigenvalue weighted by Crippen LogP contribution is 2.25. The highest BCUT2D eigenvalue weighted by molar-refractivity contribution is 7.89. The number of aromatic nitrogens is 2. The monoisotopic (exact) mass is 455 g/mol. The Morgan fingerprint density at radius 1 is 1.03 bits per heavy atom. The molecule has 2 aliphatic heterocycles. The molecule has 0 N–H and O–H groups in total. The first-order chi connectivity index (χ1) is 14.4. The van der Waals surface area contributed by atoms with Crippen molar-refractivity contribution < 1.29 is 22.7 Å². The Labute approximate surface area is 184 Å². The fourth-order valence-corrected chi connectivity index (χ4v) is 5.31. The van der Waals surface area contributed by atoms with Crippen LogP contribution in [0.25, 0.3) is 0 Å². The van der Waals surface area contributed by atoms with Crippen molar-refractivity contribution in [2.45, 2.75) is 51.2 Å². The quantitative estimate of drug-likeness (QED) is 0.678. The summed E-state index contributed by atoms with van der Waals surface area (Å²) in [5, 5.41) is 0.0514. The van der Waals surface area contributed by atoms with Crippen LogP contribution in [0, 0.1) is 12.8 Å². The summed E-state index contributed by atoms with van der Waals surface area (Å²) < 4.78 is 34.2.